The molecule has 0 amide bonds. The summed E-state index contributed by atoms with van der Waals surface area (Å²) in [5.41, 5.74) is 0.310. The fourth-order valence-corrected chi connectivity index (χ4v) is 1.25. The van der Waals surface area contributed by atoms with Crippen molar-refractivity contribution in [2.75, 3.05) is 13.7 Å². The zero-order valence-electron chi connectivity index (χ0n) is 10.2. The molecule has 0 heterocycles. The Morgan fingerprint density at radius 2 is 2.11 bits per heavy atom. The number of hydrogen-bond donors (Lipinski definition) is 1. The Hall–Kier alpha value is -2.30. The Bertz CT molecular complexity index is 476. The minimum atomic E-state index is -0.922. The highest BCUT2D eigenvalue weighted by Gasteiger charge is 2.12. The van der Waals surface area contributed by atoms with Crippen LogP contribution >= 0.6 is 0 Å². The van der Waals surface area contributed by atoms with Gasteiger partial charge in [0.15, 0.2) is 5.78 Å². The van der Waals surface area contributed by atoms with Gasteiger partial charge in [-0.25, -0.2) is 4.79 Å². The Balaban J connectivity index is 2.87. The van der Waals surface area contributed by atoms with Crippen LogP contribution in [0.1, 0.15) is 17.3 Å². The number of benzene rings is 1. The first kappa shape index (κ1) is 13.8. The topological polar surface area (TPSA) is 72.8 Å². The SMILES string of the molecule is CCOC(=O)C(O)=CC(=O)c1cccc(OC)c1. The molecule has 1 rings (SSSR count). The molecule has 0 aromatic heterocycles. The number of ether oxygens (including phenoxy) is 2. The Kier molecular flexibility index (Phi) is 4.92. The normalized spacial score (nSPS) is 10.9. The highest BCUT2D eigenvalue weighted by atomic mass is 16.5. The van der Waals surface area contributed by atoms with Gasteiger partial charge in [0.05, 0.1) is 13.7 Å². The molecular formula is C13H14O5. The van der Waals surface area contributed by atoms with Crippen LogP contribution in [0, 0.1) is 0 Å². The molecule has 0 fully saturated rings. The van der Waals surface area contributed by atoms with Crippen LogP contribution in [0.25, 0.3) is 0 Å². The van der Waals surface area contributed by atoms with E-state index in [1.54, 1.807) is 25.1 Å². The van der Waals surface area contributed by atoms with Crippen molar-refractivity contribution in [3.05, 3.63) is 41.7 Å². The van der Waals surface area contributed by atoms with E-state index >= 15 is 0 Å². The number of methoxy groups -OCH3 is 1. The predicted molar refractivity (Wildman–Crippen MR) is 64.7 cm³/mol. The number of carbonyl (C=O) groups is 2. The quantitative estimate of drug-likeness (QED) is 0.374. The molecule has 1 aromatic carbocycles. The van der Waals surface area contributed by atoms with Crippen LogP contribution in [0.3, 0.4) is 0 Å². The molecule has 0 aliphatic rings. The lowest BCUT2D eigenvalue weighted by atomic mass is 10.1. The van der Waals surface area contributed by atoms with Gasteiger partial charge in [0.25, 0.3) is 0 Å². The van der Waals surface area contributed by atoms with Crippen molar-refractivity contribution in [3.8, 4) is 5.75 Å². The number of esters is 1. The van der Waals surface area contributed by atoms with E-state index < -0.39 is 17.5 Å². The number of aliphatic hydroxyl groups excluding tert-OH is 1. The van der Waals surface area contributed by atoms with E-state index in [-0.39, 0.29) is 6.61 Å². The third-order valence-electron chi connectivity index (χ3n) is 2.11. The van der Waals surface area contributed by atoms with Crippen molar-refractivity contribution in [3.63, 3.8) is 0 Å². The first-order chi connectivity index (χ1) is 8.58. The minimum absolute atomic E-state index is 0.129. The van der Waals surface area contributed by atoms with Crippen LogP contribution in [-0.4, -0.2) is 30.6 Å². The van der Waals surface area contributed by atoms with Crippen LogP contribution in [0.5, 0.6) is 5.75 Å². The van der Waals surface area contributed by atoms with Crippen LogP contribution in [0.2, 0.25) is 0 Å². The van der Waals surface area contributed by atoms with E-state index in [1.807, 2.05) is 0 Å². The molecule has 5 nitrogen and oxygen atoms in total. The van der Waals surface area contributed by atoms with E-state index in [4.69, 9.17) is 4.74 Å². The third-order valence-corrected chi connectivity index (χ3v) is 2.11. The van der Waals surface area contributed by atoms with Crippen molar-refractivity contribution >= 4 is 11.8 Å². The molecule has 1 aromatic rings. The molecular weight excluding hydrogens is 236 g/mol. The molecule has 5 heteroatoms. The zero-order chi connectivity index (χ0) is 13.5. The fourth-order valence-electron chi connectivity index (χ4n) is 1.25. The molecule has 0 bridgehead atoms. The zero-order valence-corrected chi connectivity index (χ0v) is 10.2. The summed E-state index contributed by atoms with van der Waals surface area (Å²) in [5, 5.41) is 9.34. The number of hydrogen-bond acceptors (Lipinski definition) is 5. The highest BCUT2D eigenvalue weighted by Crippen LogP contribution is 2.13. The van der Waals surface area contributed by atoms with Gasteiger partial charge in [-0.3, -0.25) is 4.79 Å². The van der Waals surface area contributed by atoms with Crippen LogP contribution in [0.15, 0.2) is 36.1 Å². The Labute approximate surface area is 105 Å². The first-order valence-electron chi connectivity index (χ1n) is 5.34. The molecule has 96 valence electrons. The summed E-state index contributed by atoms with van der Waals surface area (Å²) in [6.07, 6.45) is 0.826. The van der Waals surface area contributed by atoms with Gasteiger partial charge in [0.2, 0.25) is 5.76 Å². The molecule has 0 unspecified atom stereocenters. The second-order valence-electron chi connectivity index (χ2n) is 3.35. The first-order valence-corrected chi connectivity index (χ1v) is 5.34. The molecule has 0 spiro atoms. The van der Waals surface area contributed by atoms with Crippen LogP contribution < -0.4 is 4.74 Å². The number of allylic oxidation sites excluding steroid dienone is 1. The number of rotatable bonds is 5. The van der Waals surface area contributed by atoms with E-state index in [9.17, 15) is 14.7 Å². The van der Waals surface area contributed by atoms with Crippen molar-refractivity contribution in [2.45, 2.75) is 6.92 Å². The van der Waals surface area contributed by atoms with Crippen LogP contribution in [0.4, 0.5) is 0 Å². The smallest absolute Gasteiger partial charge is 0.373 e. The average molecular weight is 250 g/mol. The van der Waals surface area contributed by atoms with Gasteiger partial charge in [-0.05, 0) is 19.1 Å². The van der Waals surface area contributed by atoms with Crippen molar-refractivity contribution in [1.29, 1.82) is 0 Å². The second-order valence-corrected chi connectivity index (χ2v) is 3.35. The molecule has 18 heavy (non-hydrogen) atoms. The van der Waals surface area contributed by atoms with Gasteiger partial charge < -0.3 is 14.6 Å². The molecule has 0 aliphatic carbocycles. The van der Waals surface area contributed by atoms with Crippen LogP contribution in [-0.2, 0) is 9.53 Å². The maximum Gasteiger partial charge on any atom is 0.373 e. The van der Waals surface area contributed by atoms with E-state index in [2.05, 4.69) is 4.74 Å². The summed E-state index contributed by atoms with van der Waals surface area (Å²) in [6.45, 7) is 1.74. The Morgan fingerprint density at radius 3 is 2.72 bits per heavy atom. The largest absolute Gasteiger partial charge is 0.502 e. The lowest BCUT2D eigenvalue weighted by Crippen LogP contribution is -2.09. The monoisotopic (exact) mass is 250 g/mol. The Morgan fingerprint density at radius 1 is 1.39 bits per heavy atom. The summed E-state index contributed by atoms with van der Waals surface area (Å²) in [4.78, 5) is 22.8. The minimum Gasteiger partial charge on any atom is -0.502 e. The van der Waals surface area contributed by atoms with Gasteiger partial charge in [-0.1, -0.05) is 12.1 Å². The molecule has 0 atom stereocenters. The standard InChI is InChI=1S/C13H14O5/c1-3-18-13(16)12(15)8-11(14)9-5-4-6-10(7-9)17-2/h4-8,15H,3H2,1-2H3. The number of ketones is 1. The summed E-state index contributed by atoms with van der Waals surface area (Å²) in [5.74, 6) is -1.62. The van der Waals surface area contributed by atoms with Gasteiger partial charge in [-0.15, -0.1) is 0 Å². The maximum atomic E-state index is 11.7. The molecule has 1 N–H and O–H groups in total. The highest BCUT2D eigenvalue weighted by molar-refractivity contribution is 6.08. The van der Waals surface area contributed by atoms with E-state index in [0.717, 1.165) is 6.08 Å². The molecule has 0 aliphatic heterocycles. The lowest BCUT2D eigenvalue weighted by Gasteiger charge is -2.02. The predicted octanol–water partition coefficient (Wildman–Crippen LogP) is 1.88. The molecule has 0 saturated carbocycles. The van der Waals surface area contributed by atoms with Gasteiger partial charge in [0.1, 0.15) is 5.75 Å². The van der Waals surface area contributed by atoms with Gasteiger partial charge >= 0.3 is 5.97 Å². The van der Waals surface area contributed by atoms with Gasteiger partial charge in [0, 0.05) is 11.6 Å². The van der Waals surface area contributed by atoms with Gasteiger partial charge in [-0.2, -0.15) is 0 Å². The van der Waals surface area contributed by atoms with Crippen molar-refractivity contribution < 1.29 is 24.2 Å². The molecule has 0 radical (unpaired) electrons. The number of aliphatic hydroxyl groups is 1. The fraction of sp³-hybridized carbons (Fsp3) is 0.231. The summed E-state index contributed by atoms with van der Waals surface area (Å²) in [7, 11) is 1.48. The van der Waals surface area contributed by atoms with Crippen molar-refractivity contribution in [1.82, 2.24) is 0 Å². The van der Waals surface area contributed by atoms with E-state index in [0.29, 0.717) is 11.3 Å². The average Bonchev–Trinajstić information content (AvgIpc) is 2.39. The van der Waals surface area contributed by atoms with E-state index in [1.165, 1.54) is 13.2 Å². The lowest BCUT2D eigenvalue weighted by molar-refractivity contribution is -0.141. The summed E-state index contributed by atoms with van der Waals surface area (Å²) < 4.78 is 9.52. The third kappa shape index (κ3) is 3.62. The molecule has 0 saturated heterocycles. The van der Waals surface area contributed by atoms with Crippen molar-refractivity contribution in [2.24, 2.45) is 0 Å². The second kappa shape index (κ2) is 6.44. The maximum absolute atomic E-state index is 11.7. The summed E-state index contributed by atoms with van der Waals surface area (Å²) in [6, 6.07) is 6.39. The number of carbonyl (C=O) groups excluding carboxylic acids is 2. The summed E-state index contributed by atoms with van der Waals surface area (Å²) >= 11 is 0.